The van der Waals surface area contributed by atoms with Crippen LogP contribution in [-0.4, -0.2) is 38.9 Å². The van der Waals surface area contributed by atoms with Gasteiger partial charge in [0, 0.05) is 38.2 Å². The fourth-order valence-electron chi connectivity index (χ4n) is 5.98. The Bertz CT molecular complexity index is 2070. The van der Waals surface area contributed by atoms with Crippen LogP contribution in [0.1, 0.15) is 33.2 Å². The normalized spacial score (nSPS) is 17.2. The summed E-state index contributed by atoms with van der Waals surface area (Å²) in [6, 6.07) is 35.5. The second-order valence-corrected chi connectivity index (χ2v) is 14.3. The average molecular weight is 709 g/mol. The first-order valence-electron chi connectivity index (χ1n) is 15.4. The van der Waals surface area contributed by atoms with Crippen molar-refractivity contribution in [1.82, 2.24) is 10.2 Å². The van der Waals surface area contributed by atoms with Crippen molar-refractivity contribution >= 4 is 79.4 Å². The molecule has 1 aromatic heterocycles. The summed E-state index contributed by atoms with van der Waals surface area (Å²) >= 11 is 15.2. The highest BCUT2D eigenvalue weighted by Gasteiger charge is 2.54. The van der Waals surface area contributed by atoms with Gasteiger partial charge in [0.15, 0.2) is 5.43 Å². The summed E-state index contributed by atoms with van der Waals surface area (Å²) in [5.74, 6) is 0.271. The number of ether oxygens (including phenoxy) is 1. The topological polar surface area (TPSA) is 75.7 Å². The largest absolute Gasteiger partial charge is 0.469 e. The average Bonchev–Trinajstić information content (AvgIpc) is 3.12. The zero-order valence-corrected chi connectivity index (χ0v) is 28.7. The molecule has 2 aliphatic rings. The second kappa shape index (κ2) is 14.1. The molecule has 240 valence electrons. The smallest absolute Gasteiger partial charge is 0.253 e. The van der Waals surface area contributed by atoms with Gasteiger partial charge < -0.3 is 10.1 Å². The molecule has 2 amide bonds. The lowest BCUT2D eigenvalue weighted by molar-refractivity contribution is -0.145. The van der Waals surface area contributed by atoms with E-state index in [9.17, 15) is 14.4 Å². The Morgan fingerprint density at radius 2 is 1.54 bits per heavy atom. The Morgan fingerprint density at radius 1 is 0.896 bits per heavy atom. The summed E-state index contributed by atoms with van der Waals surface area (Å²) in [4.78, 5) is 42.6. The van der Waals surface area contributed by atoms with E-state index < -0.39 is 12.1 Å². The van der Waals surface area contributed by atoms with Crippen LogP contribution >= 0.6 is 46.9 Å². The Hall–Kier alpha value is -4.28. The summed E-state index contributed by atoms with van der Waals surface area (Å²) in [6.45, 7) is 0. The van der Waals surface area contributed by atoms with Crippen molar-refractivity contribution < 1.29 is 14.3 Å². The third-order valence-electron chi connectivity index (χ3n) is 8.36. The number of thioether (sulfide) groups is 1. The number of alkyl halides is 1. The van der Waals surface area contributed by atoms with Crippen LogP contribution < -0.4 is 10.7 Å². The molecule has 3 heterocycles. The Kier molecular flexibility index (Phi) is 9.45. The van der Waals surface area contributed by atoms with Gasteiger partial charge in [0.1, 0.15) is 23.2 Å². The van der Waals surface area contributed by atoms with E-state index in [0.717, 1.165) is 32.5 Å². The van der Waals surface area contributed by atoms with Gasteiger partial charge in [-0.3, -0.25) is 19.3 Å². The van der Waals surface area contributed by atoms with Gasteiger partial charge in [-0.2, -0.15) is 0 Å². The van der Waals surface area contributed by atoms with Crippen LogP contribution in [0.2, 0.25) is 0 Å². The molecule has 4 aromatic carbocycles. The predicted molar refractivity (Wildman–Crippen MR) is 198 cm³/mol. The van der Waals surface area contributed by atoms with Gasteiger partial charge in [-0.1, -0.05) is 97.1 Å². The summed E-state index contributed by atoms with van der Waals surface area (Å²) < 4.78 is 7.46. The lowest BCUT2D eigenvalue weighted by Gasteiger charge is -2.50. The van der Waals surface area contributed by atoms with Gasteiger partial charge in [-0.05, 0) is 46.6 Å². The van der Waals surface area contributed by atoms with E-state index in [2.05, 4.69) is 5.32 Å². The number of β-lactam (4-membered cyclic amide) rings is 1. The Labute approximate surface area is 296 Å². The molecular weight excluding hydrogens is 680 g/mol. The molecule has 0 bridgehead atoms. The minimum absolute atomic E-state index is 0.127. The molecule has 0 radical (unpaired) electrons. The number of nitrogens with zero attached hydrogens (tertiary/aromatic N) is 1. The van der Waals surface area contributed by atoms with Crippen LogP contribution in [0.4, 0.5) is 0 Å². The number of halogens is 1. The number of benzene rings is 4. The lowest BCUT2D eigenvalue weighted by Crippen LogP contribution is -2.70. The van der Waals surface area contributed by atoms with Gasteiger partial charge >= 0.3 is 0 Å². The number of amides is 2. The fraction of sp³-hybridized carbons (Fsp3) is 0.158. The van der Waals surface area contributed by atoms with Crippen LogP contribution in [0, 0.1) is 0 Å². The number of carbonyl (C=O) groups is 2. The van der Waals surface area contributed by atoms with E-state index in [-0.39, 0.29) is 34.1 Å². The van der Waals surface area contributed by atoms with Crippen LogP contribution in [0.25, 0.3) is 15.7 Å². The molecule has 1 unspecified atom stereocenters. The van der Waals surface area contributed by atoms with E-state index in [1.165, 1.54) is 23.1 Å². The molecule has 0 saturated carbocycles. The molecule has 1 N–H and O–H groups in total. The summed E-state index contributed by atoms with van der Waals surface area (Å²) in [6.07, 6.45) is -0.371. The molecule has 48 heavy (non-hydrogen) atoms. The van der Waals surface area contributed by atoms with Crippen molar-refractivity contribution in [2.24, 2.45) is 0 Å². The van der Waals surface area contributed by atoms with E-state index in [1.54, 1.807) is 17.0 Å². The molecule has 6 nitrogen and oxygen atoms in total. The number of thiocarbonyl (C=S) groups is 1. The number of fused-ring (bicyclic) bond motifs is 2. The third kappa shape index (κ3) is 6.43. The number of rotatable bonds is 9. The highest BCUT2D eigenvalue weighted by molar-refractivity contribution is 8.00. The van der Waals surface area contributed by atoms with Gasteiger partial charge in [-0.15, -0.1) is 34.7 Å². The molecule has 10 heteroatoms. The van der Waals surface area contributed by atoms with E-state index in [4.69, 9.17) is 28.6 Å². The van der Waals surface area contributed by atoms with Crippen molar-refractivity contribution in [2.45, 2.75) is 29.8 Å². The molecule has 7 rings (SSSR count). The summed E-state index contributed by atoms with van der Waals surface area (Å²) in [7, 11) is 0. The van der Waals surface area contributed by atoms with E-state index >= 15 is 0 Å². The molecule has 2 aliphatic heterocycles. The van der Waals surface area contributed by atoms with Gasteiger partial charge in [0.2, 0.25) is 11.0 Å². The maximum atomic E-state index is 13.9. The fourth-order valence-corrected chi connectivity index (χ4v) is 9.11. The first kappa shape index (κ1) is 32.3. The first-order valence-corrected chi connectivity index (χ1v) is 18.2. The zero-order valence-electron chi connectivity index (χ0n) is 25.5. The number of hydrogen-bond acceptors (Lipinski definition) is 7. The van der Waals surface area contributed by atoms with Gasteiger partial charge in [0.25, 0.3) is 5.91 Å². The minimum atomic E-state index is -0.716. The van der Waals surface area contributed by atoms with Gasteiger partial charge in [-0.25, -0.2) is 0 Å². The molecule has 1 fully saturated rings. The second-order valence-electron chi connectivity index (χ2n) is 11.5. The van der Waals surface area contributed by atoms with Gasteiger partial charge in [0.05, 0.1) is 6.42 Å². The molecule has 1 saturated heterocycles. The van der Waals surface area contributed by atoms with Crippen molar-refractivity contribution in [3.05, 3.63) is 158 Å². The number of carbonyl (C=O) groups excluding carboxylic acids is 2. The standard InChI is InChI=1S/C38H29ClN2O4S3/c39-21-24-16-17-27-29(42)20-31(48-30(27)18-24)28-22-47-37-33(40-32(43)19-23-10-4-1-5-11-23)36(44)41(37)34(28)38(46)45-35(25-12-6-2-7-13-25)26-14-8-3-9-15-26/h1-18,20,33,35,37H,19,21-22H2,(H,40,43)/t33?,37-/m1/s1. The number of hydrogen-bond donors (Lipinski definition) is 1. The van der Waals surface area contributed by atoms with E-state index in [0.29, 0.717) is 27.6 Å². The summed E-state index contributed by atoms with van der Waals surface area (Å²) in [5, 5.41) is 3.31. The molecule has 0 spiro atoms. The van der Waals surface area contributed by atoms with Crippen LogP contribution in [0.15, 0.2) is 126 Å². The van der Waals surface area contributed by atoms with Crippen LogP contribution in [0.5, 0.6) is 0 Å². The SMILES string of the molecule is O=C(Cc1ccccc1)NC1C(=O)N2C(C(=S)OC(c3ccccc3)c3ccccc3)=C(c3cc(=O)c4ccc(CCl)cc4s3)CS[C@H]12. The monoisotopic (exact) mass is 708 g/mol. The first-order chi connectivity index (χ1) is 23.4. The maximum Gasteiger partial charge on any atom is 0.253 e. The molecular formula is C38H29ClN2O4S3. The predicted octanol–water partition coefficient (Wildman–Crippen LogP) is 7.49. The lowest BCUT2D eigenvalue weighted by atomic mass is 10.00. The Morgan fingerprint density at radius 3 is 2.19 bits per heavy atom. The zero-order chi connectivity index (χ0) is 33.2. The van der Waals surface area contributed by atoms with Crippen molar-refractivity contribution in [2.75, 3.05) is 5.75 Å². The summed E-state index contributed by atoms with van der Waals surface area (Å²) in [5.41, 5.74) is 4.64. The van der Waals surface area contributed by atoms with Crippen molar-refractivity contribution in [3.8, 4) is 0 Å². The van der Waals surface area contributed by atoms with Crippen molar-refractivity contribution in [1.29, 1.82) is 0 Å². The Balaban J connectivity index is 1.27. The highest BCUT2D eigenvalue weighted by Crippen LogP contribution is 2.45. The molecule has 0 aliphatic carbocycles. The highest BCUT2D eigenvalue weighted by atomic mass is 35.5. The molecule has 5 aromatic rings. The maximum absolute atomic E-state index is 13.9. The molecule has 2 atom stereocenters. The van der Waals surface area contributed by atoms with E-state index in [1.807, 2.05) is 103 Å². The van der Waals surface area contributed by atoms with Crippen LogP contribution in [0.3, 0.4) is 0 Å². The number of nitrogens with one attached hydrogen (secondary N) is 1. The van der Waals surface area contributed by atoms with Crippen molar-refractivity contribution in [3.63, 3.8) is 0 Å². The third-order valence-corrected chi connectivity index (χ3v) is 11.4. The quantitative estimate of drug-likeness (QED) is 0.0972. The van der Waals surface area contributed by atoms with Crippen LogP contribution in [-0.2, 0) is 26.6 Å². The minimum Gasteiger partial charge on any atom is -0.469 e.